The Bertz CT molecular complexity index is 1070. The zero-order chi connectivity index (χ0) is 21.8. The summed E-state index contributed by atoms with van der Waals surface area (Å²) in [5.74, 6) is -0.0741. The molecule has 0 radical (unpaired) electrons. The number of aromatic nitrogens is 1. The number of ether oxygens (including phenoxy) is 1. The molecule has 2 N–H and O–H groups in total. The summed E-state index contributed by atoms with van der Waals surface area (Å²) in [6.07, 6.45) is 3.21. The third kappa shape index (κ3) is 4.49. The van der Waals surface area contributed by atoms with Gasteiger partial charge in [-0.1, -0.05) is 36.4 Å². The van der Waals surface area contributed by atoms with Crippen molar-refractivity contribution >= 4 is 22.7 Å². The average molecular weight is 420 g/mol. The van der Waals surface area contributed by atoms with Crippen molar-refractivity contribution in [1.29, 1.82) is 0 Å². The molecule has 31 heavy (non-hydrogen) atoms. The number of amides is 2. The summed E-state index contributed by atoms with van der Waals surface area (Å²) in [5.41, 5.74) is 3.79. The summed E-state index contributed by atoms with van der Waals surface area (Å²) in [5, 5.41) is 4.03. The largest absolute Gasteiger partial charge is 0.379 e. The first-order valence-corrected chi connectivity index (χ1v) is 10.9. The molecular formula is C25H29N3O3. The summed E-state index contributed by atoms with van der Waals surface area (Å²) < 4.78 is 5.50. The van der Waals surface area contributed by atoms with Crippen LogP contribution in [0.15, 0.2) is 54.7 Å². The van der Waals surface area contributed by atoms with Crippen LogP contribution in [0.1, 0.15) is 54.2 Å². The van der Waals surface area contributed by atoms with Crippen LogP contribution in [0.25, 0.3) is 10.9 Å². The van der Waals surface area contributed by atoms with Gasteiger partial charge in [-0.05, 0) is 38.0 Å². The highest BCUT2D eigenvalue weighted by molar-refractivity contribution is 6.01. The van der Waals surface area contributed by atoms with Gasteiger partial charge in [-0.2, -0.15) is 0 Å². The first-order chi connectivity index (χ1) is 15.1. The van der Waals surface area contributed by atoms with Gasteiger partial charge >= 0.3 is 0 Å². The fourth-order valence-electron chi connectivity index (χ4n) is 4.19. The lowest BCUT2D eigenvalue weighted by Crippen LogP contribution is -2.34. The van der Waals surface area contributed by atoms with E-state index in [0.29, 0.717) is 25.3 Å². The van der Waals surface area contributed by atoms with Crippen molar-refractivity contribution in [2.75, 3.05) is 19.7 Å². The SMILES string of the molecule is CC(C)OCCCNC(=O)CCN1C(=O)c2ccccc2C1c1c[nH]c2ccccc12. The maximum Gasteiger partial charge on any atom is 0.255 e. The van der Waals surface area contributed by atoms with Crippen LogP contribution in [0.3, 0.4) is 0 Å². The monoisotopic (exact) mass is 419 g/mol. The van der Waals surface area contributed by atoms with Crippen molar-refractivity contribution in [3.63, 3.8) is 0 Å². The van der Waals surface area contributed by atoms with Gasteiger partial charge in [0.15, 0.2) is 0 Å². The minimum atomic E-state index is -0.202. The van der Waals surface area contributed by atoms with Crippen molar-refractivity contribution in [2.45, 2.75) is 38.8 Å². The van der Waals surface area contributed by atoms with Crippen LogP contribution in [-0.2, 0) is 9.53 Å². The molecule has 2 amide bonds. The van der Waals surface area contributed by atoms with Gasteiger partial charge in [0.05, 0.1) is 12.1 Å². The van der Waals surface area contributed by atoms with E-state index in [1.807, 2.05) is 67.4 Å². The van der Waals surface area contributed by atoms with E-state index in [2.05, 4.69) is 16.4 Å². The third-order valence-electron chi connectivity index (χ3n) is 5.65. The van der Waals surface area contributed by atoms with Gasteiger partial charge < -0.3 is 19.9 Å². The minimum absolute atomic E-state index is 0.0241. The van der Waals surface area contributed by atoms with Crippen LogP contribution < -0.4 is 5.32 Å². The number of hydrogen-bond donors (Lipinski definition) is 2. The molecule has 4 rings (SSSR count). The molecular weight excluding hydrogens is 390 g/mol. The number of H-pyrrole nitrogens is 1. The molecule has 2 aromatic carbocycles. The molecule has 1 aromatic heterocycles. The lowest BCUT2D eigenvalue weighted by atomic mass is 9.97. The molecule has 6 heteroatoms. The molecule has 1 aliphatic rings. The third-order valence-corrected chi connectivity index (χ3v) is 5.65. The molecule has 0 fully saturated rings. The highest BCUT2D eigenvalue weighted by Crippen LogP contribution is 2.41. The van der Waals surface area contributed by atoms with Crippen LogP contribution in [0.2, 0.25) is 0 Å². The van der Waals surface area contributed by atoms with Gasteiger partial charge in [0.2, 0.25) is 5.91 Å². The number of rotatable bonds is 9. The number of nitrogens with one attached hydrogen (secondary N) is 2. The van der Waals surface area contributed by atoms with Crippen molar-refractivity contribution < 1.29 is 14.3 Å². The fourth-order valence-corrected chi connectivity index (χ4v) is 4.19. The highest BCUT2D eigenvalue weighted by Gasteiger charge is 2.38. The molecule has 1 atom stereocenters. The normalized spacial score (nSPS) is 15.6. The van der Waals surface area contributed by atoms with E-state index in [9.17, 15) is 9.59 Å². The number of carbonyl (C=O) groups excluding carboxylic acids is 2. The van der Waals surface area contributed by atoms with Crippen molar-refractivity contribution in [2.24, 2.45) is 0 Å². The number of fused-ring (bicyclic) bond motifs is 2. The summed E-state index contributed by atoms with van der Waals surface area (Å²) in [6.45, 7) is 5.56. The Hall–Kier alpha value is -3.12. The topological polar surface area (TPSA) is 74.4 Å². The predicted octanol–water partition coefficient (Wildman–Crippen LogP) is 4.03. The van der Waals surface area contributed by atoms with Crippen LogP contribution in [0.5, 0.6) is 0 Å². The maximum atomic E-state index is 13.2. The Kier molecular flexibility index (Phi) is 6.37. The Morgan fingerprint density at radius 2 is 1.90 bits per heavy atom. The van der Waals surface area contributed by atoms with Crippen LogP contribution >= 0.6 is 0 Å². The van der Waals surface area contributed by atoms with E-state index < -0.39 is 0 Å². The lowest BCUT2D eigenvalue weighted by Gasteiger charge is -2.25. The molecule has 6 nitrogen and oxygen atoms in total. The smallest absolute Gasteiger partial charge is 0.255 e. The van der Waals surface area contributed by atoms with Gasteiger partial charge in [-0.25, -0.2) is 0 Å². The lowest BCUT2D eigenvalue weighted by molar-refractivity contribution is -0.121. The summed E-state index contributed by atoms with van der Waals surface area (Å²) >= 11 is 0. The zero-order valence-electron chi connectivity index (χ0n) is 18.1. The molecule has 1 unspecified atom stereocenters. The van der Waals surface area contributed by atoms with Crippen molar-refractivity contribution in [3.05, 3.63) is 71.4 Å². The molecule has 0 saturated carbocycles. The Morgan fingerprint density at radius 3 is 2.74 bits per heavy atom. The Balaban J connectivity index is 1.47. The maximum absolute atomic E-state index is 13.2. The first kappa shape index (κ1) is 21.1. The molecule has 2 heterocycles. The summed E-state index contributed by atoms with van der Waals surface area (Å²) in [4.78, 5) is 30.7. The van der Waals surface area contributed by atoms with Gasteiger partial charge in [-0.15, -0.1) is 0 Å². The first-order valence-electron chi connectivity index (χ1n) is 10.9. The molecule has 0 aliphatic carbocycles. The van der Waals surface area contributed by atoms with Crippen LogP contribution in [0.4, 0.5) is 0 Å². The molecule has 162 valence electrons. The standard InChI is InChI=1S/C25H29N3O3/c1-17(2)31-15-7-13-26-23(29)12-14-28-24(19-9-3-4-10-20(19)25(28)30)21-16-27-22-11-6-5-8-18(21)22/h3-6,8-11,16-17,24,27H,7,12-15H2,1-2H3,(H,26,29). The minimum Gasteiger partial charge on any atom is -0.379 e. The quantitative estimate of drug-likeness (QED) is 0.514. The van der Waals surface area contributed by atoms with E-state index in [-0.39, 0.29) is 30.4 Å². The Labute approximate surface area is 182 Å². The number of nitrogens with zero attached hydrogens (tertiary/aromatic N) is 1. The van der Waals surface area contributed by atoms with Gasteiger partial charge in [-0.3, -0.25) is 9.59 Å². The summed E-state index contributed by atoms with van der Waals surface area (Å²) in [7, 11) is 0. The number of aromatic amines is 1. The van der Waals surface area contributed by atoms with E-state index in [4.69, 9.17) is 4.74 Å². The molecule has 1 aliphatic heterocycles. The van der Waals surface area contributed by atoms with E-state index in [0.717, 1.165) is 28.5 Å². The Morgan fingerprint density at radius 1 is 1.13 bits per heavy atom. The zero-order valence-corrected chi connectivity index (χ0v) is 18.1. The second-order valence-electron chi connectivity index (χ2n) is 8.15. The predicted molar refractivity (Wildman–Crippen MR) is 121 cm³/mol. The van der Waals surface area contributed by atoms with Crippen molar-refractivity contribution in [3.8, 4) is 0 Å². The highest BCUT2D eigenvalue weighted by atomic mass is 16.5. The van der Waals surface area contributed by atoms with Crippen LogP contribution in [0, 0.1) is 0 Å². The van der Waals surface area contributed by atoms with Gasteiger partial charge in [0, 0.05) is 54.3 Å². The summed E-state index contributed by atoms with van der Waals surface area (Å²) in [6, 6.07) is 15.6. The molecule has 0 saturated heterocycles. The van der Waals surface area contributed by atoms with Crippen molar-refractivity contribution in [1.82, 2.24) is 15.2 Å². The molecule has 0 spiro atoms. The second-order valence-corrected chi connectivity index (χ2v) is 8.15. The van der Waals surface area contributed by atoms with E-state index >= 15 is 0 Å². The van der Waals surface area contributed by atoms with E-state index in [1.54, 1.807) is 0 Å². The van der Waals surface area contributed by atoms with Gasteiger partial charge in [0.25, 0.3) is 5.91 Å². The van der Waals surface area contributed by atoms with Crippen LogP contribution in [-0.4, -0.2) is 47.5 Å². The fraction of sp³-hybridized carbons (Fsp3) is 0.360. The number of carbonyl (C=O) groups is 2. The second kappa shape index (κ2) is 9.35. The number of benzene rings is 2. The van der Waals surface area contributed by atoms with E-state index in [1.165, 1.54) is 0 Å². The molecule has 0 bridgehead atoms. The number of para-hydroxylation sites is 1. The number of hydrogen-bond acceptors (Lipinski definition) is 3. The van der Waals surface area contributed by atoms with Gasteiger partial charge in [0.1, 0.15) is 0 Å². The average Bonchev–Trinajstić information content (AvgIpc) is 3.30. The molecule has 3 aromatic rings.